The number of nitrogens with zero attached hydrogens (tertiary/aromatic N) is 10. The lowest BCUT2D eigenvalue weighted by molar-refractivity contribution is -0.118. The van der Waals surface area contributed by atoms with Crippen molar-refractivity contribution in [1.29, 1.82) is 0 Å². The monoisotopic (exact) mass is 1020 g/mol. The number of amides is 3. The van der Waals surface area contributed by atoms with E-state index >= 15 is 0 Å². The van der Waals surface area contributed by atoms with Gasteiger partial charge in [-0.1, -0.05) is 7.43 Å². The molecule has 2 saturated carbocycles. The van der Waals surface area contributed by atoms with Gasteiger partial charge in [-0.15, -0.1) is 20.4 Å². The number of esters is 1. The van der Waals surface area contributed by atoms with Gasteiger partial charge in [0.15, 0.2) is 46.2 Å². The topological polar surface area (TPSA) is 306 Å². The number of rotatable bonds is 19. The van der Waals surface area contributed by atoms with Crippen LogP contribution < -0.4 is 45.5 Å². The molecule has 6 aromatic rings. The summed E-state index contributed by atoms with van der Waals surface area (Å²) in [5.41, 5.74) is 1.84. The predicted molar refractivity (Wildman–Crippen MR) is 266 cm³/mol. The van der Waals surface area contributed by atoms with E-state index in [1.807, 2.05) is 5.32 Å². The summed E-state index contributed by atoms with van der Waals surface area (Å²) in [6.45, 7) is 0.930. The fourth-order valence-electron chi connectivity index (χ4n) is 7.28. The quantitative estimate of drug-likeness (QED) is 0.0699. The number of aryl methyl sites for hydroxylation is 2. The molecule has 3 amide bonds. The highest BCUT2D eigenvalue weighted by molar-refractivity contribution is 6.00. The minimum Gasteiger partial charge on any atom is -0.494 e. The van der Waals surface area contributed by atoms with Crippen molar-refractivity contribution in [3.63, 3.8) is 0 Å². The van der Waals surface area contributed by atoms with Gasteiger partial charge in [0.25, 0.3) is 5.91 Å². The lowest BCUT2D eigenvalue weighted by atomic mass is 10.1. The average Bonchev–Trinajstić information content (AvgIpc) is 4.30. The number of aromatic nitrogens is 10. The third-order valence-electron chi connectivity index (χ3n) is 11.4. The molecule has 4 aliphatic rings. The molecule has 2 aliphatic heterocycles. The van der Waals surface area contributed by atoms with Crippen molar-refractivity contribution < 1.29 is 56.4 Å². The second-order valence-electron chi connectivity index (χ2n) is 17.1. The molecule has 0 atom stereocenters. The van der Waals surface area contributed by atoms with Crippen molar-refractivity contribution in [3.8, 4) is 45.8 Å². The SMILES string of the molecule is C.CCOC(=O)c1nnc(NC(=O)C2CC2)cc1Nc1cc(OC2COC2)cc(-c2ncn(C)n2)c1OC.[2H]C([2H])([2H])NC(=O)c1nnc(NC(=O)C2CC2)cc1Nc1cc(OC2COC2)cc(-c2ncn(C)n2)c1OC. The Morgan fingerprint density at radius 3 is 1.50 bits per heavy atom. The molecule has 0 bridgehead atoms. The summed E-state index contributed by atoms with van der Waals surface area (Å²) >= 11 is 0. The van der Waals surface area contributed by atoms with E-state index in [0.717, 1.165) is 25.7 Å². The van der Waals surface area contributed by atoms with Gasteiger partial charge in [0, 0.05) is 61.3 Å². The van der Waals surface area contributed by atoms with Crippen LogP contribution in [0, 0.1) is 11.8 Å². The van der Waals surface area contributed by atoms with Gasteiger partial charge in [-0.05, 0) is 44.7 Å². The van der Waals surface area contributed by atoms with Crippen molar-refractivity contribution in [3.05, 3.63) is 60.4 Å². The Balaban J connectivity index is 0.000000201. The van der Waals surface area contributed by atoms with Gasteiger partial charge in [0.1, 0.15) is 36.4 Å². The molecular formula is C48H57N15O11. The average molecular weight is 1020 g/mol. The van der Waals surface area contributed by atoms with Gasteiger partial charge in [0.2, 0.25) is 11.8 Å². The lowest BCUT2D eigenvalue weighted by Crippen LogP contribution is -2.38. The summed E-state index contributed by atoms with van der Waals surface area (Å²) in [4.78, 5) is 58.8. The van der Waals surface area contributed by atoms with E-state index in [2.05, 4.69) is 61.8 Å². The zero-order valence-corrected chi connectivity index (χ0v) is 40.3. The van der Waals surface area contributed by atoms with Crippen molar-refractivity contribution in [1.82, 2.24) is 55.2 Å². The van der Waals surface area contributed by atoms with Crippen molar-refractivity contribution >= 4 is 58.1 Å². The summed E-state index contributed by atoms with van der Waals surface area (Å²) in [6.07, 6.45) is 6.12. The van der Waals surface area contributed by atoms with E-state index in [-0.39, 0.29) is 84.3 Å². The number of carbonyl (C=O) groups excluding carboxylic acids is 4. The summed E-state index contributed by atoms with van der Waals surface area (Å²) in [7, 11) is 6.47. The van der Waals surface area contributed by atoms with E-state index in [0.29, 0.717) is 83.6 Å². The molecule has 74 heavy (non-hydrogen) atoms. The van der Waals surface area contributed by atoms with E-state index in [4.69, 9.17) is 37.3 Å². The Morgan fingerprint density at radius 1 is 0.662 bits per heavy atom. The summed E-state index contributed by atoms with van der Waals surface area (Å²) in [6, 6.07) is 9.83. The first-order chi connectivity index (χ1) is 36.5. The van der Waals surface area contributed by atoms with Gasteiger partial charge in [-0.3, -0.25) is 23.7 Å². The lowest BCUT2D eigenvalue weighted by Gasteiger charge is -2.27. The number of carbonyl (C=O) groups is 4. The van der Waals surface area contributed by atoms with Crippen LogP contribution >= 0.6 is 0 Å². The van der Waals surface area contributed by atoms with Crippen LogP contribution in [0.2, 0.25) is 0 Å². The number of methoxy groups -OCH3 is 2. The Kier molecular flexibility index (Phi) is 14.8. The highest BCUT2D eigenvalue weighted by Crippen LogP contribution is 2.43. The zero-order chi connectivity index (χ0) is 53.7. The maximum absolute atomic E-state index is 12.8. The molecule has 4 aromatic heterocycles. The van der Waals surface area contributed by atoms with Gasteiger partial charge in [-0.2, -0.15) is 10.2 Å². The molecule has 4 fully saturated rings. The molecular weight excluding hydrogens is 963 g/mol. The molecule has 0 spiro atoms. The van der Waals surface area contributed by atoms with Crippen LogP contribution in [0.4, 0.5) is 34.4 Å². The molecule has 6 heterocycles. The van der Waals surface area contributed by atoms with Gasteiger partial charge >= 0.3 is 5.97 Å². The Hall–Kier alpha value is -8.52. The second kappa shape index (κ2) is 22.9. The fraction of sp³-hybridized carbons (Fsp3) is 0.417. The molecule has 10 rings (SSSR count). The smallest absolute Gasteiger partial charge is 0.361 e. The van der Waals surface area contributed by atoms with Crippen molar-refractivity contribution in [2.45, 2.75) is 52.2 Å². The van der Waals surface area contributed by atoms with E-state index in [1.165, 1.54) is 37.4 Å². The second-order valence-corrected chi connectivity index (χ2v) is 17.1. The Bertz CT molecular complexity index is 3140. The largest absolute Gasteiger partial charge is 0.494 e. The van der Waals surface area contributed by atoms with Crippen LogP contribution in [-0.4, -0.2) is 140 Å². The summed E-state index contributed by atoms with van der Waals surface area (Å²) in [5, 5.41) is 38.3. The highest BCUT2D eigenvalue weighted by Gasteiger charge is 2.32. The normalized spacial score (nSPS) is 15.6. The molecule has 2 aliphatic carbocycles. The van der Waals surface area contributed by atoms with Gasteiger partial charge in [0.05, 0.1) is 81.1 Å². The highest BCUT2D eigenvalue weighted by atomic mass is 16.6. The summed E-state index contributed by atoms with van der Waals surface area (Å²) in [5.74, 6) is 0.662. The van der Waals surface area contributed by atoms with E-state index < -0.39 is 18.9 Å². The van der Waals surface area contributed by atoms with E-state index in [1.54, 1.807) is 56.3 Å². The first-order valence-corrected chi connectivity index (χ1v) is 23.1. The minimum absolute atomic E-state index is 0. The third kappa shape index (κ3) is 12.2. The number of benzene rings is 2. The van der Waals surface area contributed by atoms with Crippen molar-refractivity contribution in [2.75, 3.05) is 75.5 Å². The maximum Gasteiger partial charge on any atom is 0.361 e. The van der Waals surface area contributed by atoms with Gasteiger partial charge in [-0.25, -0.2) is 14.8 Å². The molecule has 2 aromatic carbocycles. The molecule has 26 nitrogen and oxygen atoms in total. The molecule has 5 N–H and O–H groups in total. The number of ether oxygens (including phenoxy) is 7. The Labute approximate surface area is 428 Å². The molecule has 0 unspecified atom stereocenters. The molecule has 26 heteroatoms. The molecule has 390 valence electrons. The first-order valence-electron chi connectivity index (χ1n) is 24.6. The van der Waals surface area contributed by atoms with Crippen LogP contribution in [-0.2, 0) is 37.9 Å². The zero-order valence-electron chi connectivity index (χ0n) is 43.3. The Morgan fingerprint density at radius 2 is 1.12 bits per heavy atom. The number of nitrogens with one attached hydrogen (secondary N) is 5. The van der Waals surface area contributed by atoms with Crippen LogP contribution in [0.1, 0.15) is 65.1 Å². The predicted octanol–water partition coefficient (Wildman–Crippen LogP) is 4.47. The number of anilines is 6. The van der Waals surface area contributed by atoms with Crippen LogP contribution in [0.5, 0.6) is 23.0 Å². The number of hydrogen-bond donors (Lipinski definition) is 5. The number of hydrogen-bond acceptors (Lipinski definition) is 21. The van der Waals surface area contributed by atoms with E-state index in [9.17, 15) is 19.2 Å². The third-order valence-corrected chi connectivity index (χ3v) is 11.4. The maximum atomic E-state index is 12.8. The molecule has 2 saturated heterocycles. The summed E-state index contributed by atoms with van der Waals surface area (Å²) < 4.78 is 64.5. The standard InChI is InChI=1S/C24H27N7O6.C23H26N8O5.CH4/c1-4-36-24(33)20-17(9-19(28-29-20)27-23(32)13-5-6-13)26-18-8-14(37-15-10-35-11-15)7-16(21(18)34-3)22-25-12-31(2)30-22;1-24-23(33)19-16(8-18(28-29-19)27-22(32)12-4-5-12)26-17-7-13(36-14-9-35-10-14)6-15(20(17)34-3)21-25-11-31(2)30-21;/h7-9,12-13,15H,4-6,10-11H2,1-3H3,(H2,26,27,28,32);6-8,11-12,14H,4-5,9-10H2,1-3H3,(H,24,33)(H2,26,27,28,32);1H4/i;1D3;. The fourth-order valence-corrected chi connectivity index (χ4v) is 7.28. The minimum atomic E-state index is -2.76. The van der Waals surface area contributed by atoms with Crippen LogP contribution in [0.3, 0.4) is 0 Å². The van der Waals surface area contributed by atoms with Crippen LogP contribution in [0.15, 0.2) is 49.1 Å². The van der Waals surface area contributed by atoms with Gasteiger partial charge < -0.3 is 59.7 Å². The van der Waals surface area contributed by atoms with Crippen LogP contribution in [0.25, 0.3) is 22.8 Å². The van der Waals surface area contributed by atoms with Crippen molar-refractivity contribution in [2.24, 2.45) is 25.9 Å². The molecule has 0 radical (unpaired) electrons. The first kappa shape index (κ1) is 47.8.